The average molecular weight is 366 g/mol. The zero-order chi connectivity index (χ0) is 17.4. The molecule has 128 valence electrons. The van der Waals surface area contributed by atoms with E-state index in [4.69, 9.17) is 11.6 Å². The first-order valence-electron chi connectivity index (χ1n) is 7.75. The largest absolute Gasteiger partial charge is 0.469 e. The van der Waals surface area contributed by atoms with Gasteiger partial charge in [0.2, 0.25) is 5.91 Å². The van der Waals surface area contributed by atoms with Crippen molar-refractivity contribution < 1.29 is 14.3 Å². The van der Waals surface area contributed by atoms with E-state index in [0.29, 0.717) is 30.2 Å². The highest BCUT2D eigenvalue weighted by Crippen LogP contribution is 2.32. The summed E-state index contributed by atoms with van der Waals surface area (Å²) >= 11 is 7.76. The second-order valence-electron chi connectivity index (χ2n) is 5.27. The van der Waals surface area contributed by atoms with Crippen molar-refractivity contribution >= 4 is 46.0 Å². The Hall–Kier alpha value is -1.72. The summed E-state index contributed by atoms with van der Waals surface area (Å²) in [6.45, 7) is 0.562. The maximum absolute atomic E-state index is 11.9. The summed E-state index contributed by atoms with van der Waals surface area (Å²) in [5.41, 5.74) is 0. The molecule has 0 aliphatic carbocycles. The topological polar surface area (TPSA) is 55.4 Å². The lowest BCUT2D eigenvalue weighted by atomic mass is 10.1. The lowest BCUT2D eigenvalue weighted by Gasteiger charge is -2.08. The number of halogens is 1. The first-order valence-corrected chi connectivity index (χ1v) is 9.11. The van der Waals surface area contributed by atoms with Crippen LogP contribution in [0.4, 0.5) is 0 Å². The van der Waals surface area contributed by atoms with Crippen LogP contribution in [-0.2, 0) is 14.3 Å². The molecule has 0 unspecified atom stereocenters. The number of esters is 1. The van der Waals surface area contributed by atoms with Crippen molar-refractivity contribution in [3.63, 3.8) is 0 Å². The van der Waals surface area contributed by atoms with Crippen LogP contribution in [0.2, 0.25) is 5.02 Å². The van der Waals surface area contributed by atoms with Gasteiger partial charge in [-0.1, -0.05) is 35.9 Å². The van der Waals surface area contributed by atoms with Crippen molar-refractivity contribution in [1.29, 1.82) is 0 Å². The van der Waals surface area contributed by atoms with Crippen LogP contribution in [0, 0.1) is 0 Å². The lowest BCUT2D eigenvalue weighted by molar-refractivity contribution is -0.140. The number of nitrogens with one attached hydrogen (secondary N) is 1. The fraction of sp³-hybridized carbons (Fsp3) is 0.333. The Bertz CT molecular complexity index is 715. The number of unbranched alkanes of at least 4 members (excludes halogenated alkanes) is 1. The molecular formula is C18H20ClNO3S. The van der Waals surface area contributed by atoms with Crippen molar-refractivity contribution in [2.24, 2.45) is 0 Å². The highest BCUT2D eigenvalue weighted by Gasteiger charge is 2.08. The molecule has 0 heterocycles. The zero-order valence-corrected chi connectivity index (χ0v) is 15.1. The molecule has 0 bridgehead atoms. The number of hydrogen-bond donors (Lipinski definition) is 1. The van der Waals surface area contributed by atoms with Crippen molar-refractivity contribution in [2.45, 2.75) is 24.2 Å². The van der Waals surface area contributed by atoms with E-state index in [1.165, 1.54) is 18.9 Å². The number of carbonyl (C=O) groups excluding carboxylic acids is 2. The van der Waals surface area contributed by atoms with Crippen molar-refractivity contribution in [3.05, 3.63) is 41.4 Å². The first kappa shape index (κ1) is 18.6. The molecule has 0 saturated carbocycles. The van der Waals surface area contributed by atoms with Gasteiger partial charge < -0.3 is 10.1 Å². The third-order valence-electron chi connectivity index (χ3n) is 3.53. The smallest absolute Gasteiger partial charge is 0.305 e. The Labute approximate surface area is 150 Å². The number of benzene rings is 2. The van der Waals surface area contributed by atoms with Crippen LogP contribution in [0.3, 0.4) is 0 Å². The maximum atomic E-state index is 11.9. The van der Waals surface area contributed by atoms with Gasteiger partial charge in [0.25, 0.3) is 0 Å². The van der Waals surface area contributed by atoms with E-state index >= 15 is 0 Å². The second kappa shape index (κ2) is 9.55. The summed E-state index contributed by atoms with van der Waals surface area (Å²) < 4.78 is 4.57. The number of rotatable bonds is 8. The third-order valence-corrected chi connectivity index (χ3v) is 4.90. The van der Waals surface area contributed by atoms with Gasteiger partial charge in [-0.15, -0.1) is 11.8 Å². The molecule has 4 nitrogen and oxygen atoms in total. The fourth-order valence-electron chi connectivity index (χ4n) is 2.30. The molecule has 1 N–H and O–H groups in total. The summed E-state index contributed by atoms with van der Waals surface area (Å²) in [5, 5.41) is 5.61. The Kier molecular flexibility index (Phi) is 7.40. The fourth-order valence-corrected chi connectivity index (χ4v) is 3.58. The minimum atomic E-state index is -0.218. The van der Waals surface area contributed by atoms with Gasteiger partial charge in [0, 0.05) is 28.3 Å². The van der Waals surface area contributed by atoms with Crippen LogP contribution in [0.15, 0.2) is 41.3 Å². The highest BCUT2D eigenvalue weighted by molar-refractivity contribution is 8.00. The number of amides is 1. The summed E-state index contributed by atoms with van der Waals surface area (Å²) in [7, 11) is 1.38. The quantitative estimate of drug-likeness (QED) is 0.435. The molecule has 24 heavy (non-hydrogen) atoms. The normalized spacial score (nSPS) is 10.6. The third kappa shape index (κ3) is 5.42. The molecule has 0 aromatic heterocycles. The molecule has 0 aliphatic heterocycles. The van der Waals surface area contributed by atoms with Crippen molar-refractivity contribution in [3.8, 4) is 0 Å². The van der Waals surface area contributed by atoms with Crippen LogP contribution in [-0.4, -0.2) is 31.3 Å². The Balaban J connectivity index is 1.79. The van der Waals surface area contributed by atoms with Gasteiger partial charge in [-0.05, 0) is 30.4 Å². The lowest BCUT2D eigenvalue weighted by Crippen LogP contribution is -2.26. The van der Waals surface area contributed by atoms with Gasteiger partial charge in [-0.3, -0.25) is 9.59 Å². The molecule has 0 aliphatic rings. The number of carbonyl (C=O) groups is 2. The molecule has 0 saturated heterocycles. The summed E-state index contributed by atoms with van der Waals surface area (Å²) in [5.74, 6) is 0.0910. The minimum absolute atomic E-state index is 0.0258. The minimum Gasteiger partial charge on any atom is -0.469 e. The summed E-state index contributed by atoms with van der Waals surface area (Å²) in [6.07, 6.45) is 1.85. The molecule has 2 aromatic carbocycles. The second-order valence-corrected chi connectivity index (χ2v) is 6.69. The molecule has 0 spiro atoms. The first-order chi connectivity index (χ1) is 11.6. The number of ether oxygens (including phenoxy) is 1. The van der Waals surface area contributed by atoms with Gasteiger partial charge in [0.15, 0.2) is 0 Å². The Morgan fingerprint density at radius 2 is 1.92 bits per heavy atom. The molecule has 0 atom stereocenters. The summed E-state index contributed by atoms with van der Waals surface area (Å²) in [4.78, 5) is 23.9. The molecular weight excluding hydrogens is 346 g/mol. The SMILES string of the molecule is COC(=O)CCCCNC(=O)CSc1cccc2cccc(Cl)c12. The van der Waals surface area contributed by atoms with Crippen LogP contribution in [0.1, 0.15) is 19.3 Å². The van der Waals surface area contributed by atoms with E-state index in [2.05, 4.69) is 10.1 Å². The highest BCUT2D eigenvalue weighted by atomic mass is 35.5. The van der Waals surface area contributed by atoms with E-state index in [1.54, 1.807) is 0 Å². The van der Waals surface area contributed by atoms with E-state index in [0.717, 1.165) is 22.1 Å². The summed E-state index contributed by atoms with van der Waals surface area (Å²) in [6, 6.07) is 11.7. The number of fused-ring (bicyclic) bond motifs is 1. The van der Waals surface area contributed by atoms with Crippen molar-refractivity contribution in [1.82, 2.24) is 5.32 Å². The van der Waals surface area contributed by atoms with E-state index in [1.807, 2.05) is 36.4 Å². The van der Waals surface area contributed by atoms with Gasteiger partial charge >= 0.3 is 5.97 Å². The predicted octanol–water partition coefficient (Wildman–Crippen LogP) is 4.04. The molecule has 0 fully saturated rings. The van der Waals surface area contributed by atoms with E-state index in [9.17, 15) is 9.59 Å². The maximum Gasteiger partial charge on any atom is 0.305 e. The van der Waals surface area contributed by atoms with Crippen molar-refractivity contribution in [2.75, 3.05) is 19.4 Å². The van der Waals surface area contributed by atoms with Crippen LogP contribution in [0.5, 0.6) is 0 Å². The van der Waals surface area contributed by atoms with E-state index < -0.39 is 0 Å². The van der Waals surface area contributed by atoms with Crippen LogP contribution >= 0.6 is 23.4 Å². The molecule has 2 rings (SSSR count). The Morgan fingerprint density at radius 3 is 2.67 bits per heavy atom. The van der Waals surface area contributed by atoms with Crippen LogP contribution in [0.25, 0.3) is 10.8 Å². The number of hydrogen-bond acceptors (Lipinski definition) is 4. The van der Waals surface area contributed by atoms with Gasteiger partial charge in [-0.25, -0.2) is 0 Å². The predicted molar refractivity (Wildman–Crippen MR) is 98.6 cm³/mol. The number of methoxy groups -OCH3 is 1. The molecule has 6 heteroatoms. The zero-order valence-electron chi connectivity index (χ0n) is 13.5. The van der Waals surface area contributed by atoms with Gasteiger partial charge in [0.1, 0.15) is 0 Å². The van der Waals surface area contributed by atoms with Gasteiger partial charge in [-0.2, -0.15) is 0 Å². The van der Waals surface area contributed by atoms with Crippen LogP contribution < -0.4 is 5.32 Å². The number of thioether (sulfide) groups is 1. The monoisotopic (exact) mass is 365 g/mol. The molecule has 2 aromatic rings. The standard InChI is InChI=1S/C18H20ClNO3S/c1-23-17(22)10-2-3-11-20-16(21)12-24-15-9-5-7-13-6-4-8-14(19)18(13)15/h4-9H,2-3,10-12H2,1H3,(H,20,21). The average Bonchev–Trinajstić information content (AvgIpc) is 2.59. The molecule has 0 radical (unpaired) electrons. The van der Waals surface area contributed by atoms with E-state index in [-0.39, 0.29) is 11.9 Å². The Morgan fingerprint density at radius 1 is 1.17 bits per heavy atom. The van der Waals surface area contributed by atoms with Gasteiger partial charge in [0.05, 0.1) is 12.9 Å². The molecule has 1 amide bonds.